The van der Waals surface area contributed by atoms with Crippen molar-refractivity contribution in [2.24, 2.45) is 5.92 Å². The van der Waals surface area contributed by atoms with Gasteiger partial charge in [-0.05, 0) is 108 Å². The zero-order valence-electron chi connectivity index (χ0n) is 48.7. The Hall–Kier alpha value is -6.73. The van der Waals surface area contributed by atoms with Crippen LogP contribution in [0.15, 0.2) is 90.5 Å². The number of hydrogen-bond acceptors (Lipinski definition) is 18. The van der Waals surface area contributed by atoms with Crippen LogP contribution < -0.4 is 30.3 Å². The van der Waals surface area contributed by atoms with Crippen LogP contribution in [0.25, 0.3) is 0 Å². The van der Waals surface area contributed by atoms with Gasteiger partial charge in [0.2, 0.25) is 11.8 Å². The van der Waals surface area contributed by atoms with Crippen molar-refractivity contribution in [3.63, 3.8) is 0 Å². The van der Waals surface area contributed by atoms with E-state index in [1.54, 1.807) is 104 Å². The molecule has 0 aromatic heterocycles. The number of ether oxygens (including phenoxy) is 7. The van der Waals surface area contributed by atoms with Crippen LogP contribution in [0, 0.1) is 5.92 Å². The van der Waals surface area contributed by atoms with Crippen molar-refractivity contribution in [2.75, 3.05) is 50.8 Å². The first-order valence-electron chi connectivity index (χ1n) is 27.6. The van der Waals surface area contributed by atoms with Crippen molar-refractivity contribution in [1.82, 2.24) is 15.5 Å². The molecule has 85 heavy (non-hydrogen) atoms. The molecule has 20 nitrogen and oxygen atoms in total. The van der Waals surface area contributed by atoms with E-state index in [1.807, 2.05) is 26.8 Å². The Balaban J connectivity index is 0.811. The molecule has 8 atom stereocenters. The molecule has 5 aliphatic rings. The van der Waals surface area contributed by atoms with Crippen molar-refractivity contribution < 1.29 is 72.5 Å². The number of alkyl carbamates (subject to hydrolysis) is 1. The number of carbonyl (C=O) groups excluding carboxylic acids is 5. The first-order valence-corrected chi connectivity index (χ1v) is 30.7. The highest BCUT2D eigenvalue weighted by atomic mass is 35.5. The van der Waals surface area contributed by atoms with Crippen LogP contribution >= 0.6 is 45.4 Å². The summed E-state index contributed by atoms with van der Waals surface area (Å²) in [6, 6.07) is 16.9. The average Bonchev–Trinajstić information content (AvgIpc) is 1.67. The lowest BCUT2D eigenvalue weighted by molar-refractivity contribution is -0.162. The summed E-state index contributed by atoms with van der Waals surface area (Å²) < 4.78 is 41.6. The predicted molar refractivity (Wildman–Crippen MR) is 327 cm³/mol. The zero-order valence-corrected chi connectivity index (χ0v) is 51.9. The number of phenols is 2. The van der Waals surface area contributed by atoms with Gasteiger partial charge < -0.3 is 68.9 Å². The van der Waals surface area contributed by atoms with Crippen LogP contribution in [-0.4, -0.2) is 142 Å². The van der Waals surface area contributed by atoms with Crippen molar-refractivity contribution in [3.05, 3.63) is 123 Å². The van der Waals surface area contributed by atoms with Crippen molar-refractivity contribution in [3.8, 4) is 28.7 Å². The molecule has 4 aromatic rings. The number of nitrogens with zero attached hydrogens (tertiary/aromatic N) is 2. The fourth-order valence-corrected chi connectivity index (χ4v) is 14.3. The third-order valence-electron chi connectivity index (χ3n) is 16.3. The Morgan fingerprint density at radius 1 is 1.04 bits per heavy atom. The molecule has 9 rings (SSSR count). The summed E-state index contributed by atoms with van der Waals surface area (Å²) >= 11 is 12.5. The maximum Gasteiger partial charge on any atom is 0.409 e. The van der Waals surface area contributed by atoms with Gasteiger partial charge in [-0.25, -0.2) is 14.4 Å². The molecule has 454 valence electrons. The summed E-state index contributed by atoms with van der Waals surface area (Å²) in [6.45, 7) is 11.5. The molecule has 1 spiro atoms. The number of aromatic hydroxyl groups is 2. The van der Waals surface area contributed by atoms with E-state index in [9.17, 15) is 39.3 Å². The van der Waals surface area contributed by atoms with Gasteiger partial charge in [-0.15, -0.1) is 0 Å². The number of fused-ring (bicyclic) bond motifs is 11. The Labute approximate surface area is 511 Å². The number of benzene rings is 4. The van der Waals surface area contributed by atoms with Gasteiger partial charge in [0.1, 0.15) is 63.7 Å². The lowest BCUT2D eigenvalue weighted by atomic mass is 9.77. The number of halogens is 1. The number of carbonyl (C=O) groups is 5. The Kier molecular flexibility index (Phi) is 18.4. The minimum Gasteiger partial charge on any atom is -0.508 e. The number of phenolic OH excluding ortho intramolecular Hbond substituents is 2. The molecule has 2 saturated heterocycles. The van der Waals surface area contributed by atoms with E-state index in [1.165, 1.54) is 55.3 Å². The van der Waals surface area contributed by atoms with E-state index in [4.69, 9.17) is 57.0 Å². The molecular formula is C61H70ClN5O15S3. The Morgan fingerprint density at radius 3 is 2.40 bits per heavy atom. The number of epoxide rings is 1. The first-order chi connectivity index (χ1) is 40.2. The molecule has 4 bridgehead atoms. The molecule has 3 unspecified atom stereocenters. The number of anilines is 2. The quantitative estimate of drug-likeness (QED) is 0.0172. The number of methoxy groups -OCH3 is 2. The Morgan fingerprint density at radius 2 is 1.73 bits per heavy atom. The lowest BCUT2D eigenvalue weighted by Crippen LogP contribution is -2.63. The number of allylic oxidation sites excluding steroid dienone is 3. The van der Waals surface area contributed by atoms with Crippen molar-refractivity contribution in [2.45, 2.75) is 126 Å². The standard InChI is InChI=1S/C61H70ClN5O15S3/c1-32-13-11-16-47(77-10)60(75)31-46(79-57(74)65-60)33(2)53-59(6,81-53)48(30-50(71)67(8)42-26-35(25-32)27-45(76-9)52(42)62)80-54(72)34(3)66(7)49(70)21-22-58(4,5)85-84-24-23-63-56(83)64-41-15-12-14-40-51(41)55(73)82-61(40)38-19-17-36(68)28-43(38)78-44-29-37(69)18-20-39(44)61/h11-20,26-29,33-34,46-48,53,68-69,75H,21-25,30-31H2,1-10H3,(H,65,74)(H2,63,64,83)/b16-11-,32-13-/t33-,34+,46?,47-,48+,53+,59?,60?/m1/s1. The minimum absolute atomic E-state index is 0.0487. The zero-order chi connectivity index (χ0) is 61.5. The molecule has 3 amide bonds. The second kappa shape index (κ2) is 24.9. The minimum atomic E-state index is -1.88. The number of likely N-dealkylation sites (N-methyl/N-ethyl adjacent to an activating group) is 1. The Bertz CT molecular complexity index is 3330. The van der Waals surface area contributed by atoms with E-state index in [0.29, 0.717) is 59.0 Å². The molecule has 5 aliphatic heterocycles. The van der Waals surface area contributed by atoms with Gasteiger partial charge >= 0.3 is 18.0 Å². The maximum atomic E-state index is 14.5. The van der Waals surface area contributed by atoms with Crippen LogP contribution in [0.5, 0.6) is 28.7 Å². The molecule has 5 heterocycles. The van der Waals surface area contributed by atoms with Crippen LogP contribution in [0.4, 0.5) is 16.2 Å². The lowest BCUT2D eigenvalue weighted by Gasteiger charge is -2.42. The third kappa shape index (κ3) is 12.9. The molecule has 24 heteroatoms. The highest BCUT2D eigenvalue weighted by Gasteiger charge is 2.65. The fourth-order valence-electron chi connectivity index (χ4n) is 11.3. The normalized spacial score (nSPS) is 25.4. The summed E-state index contributed by atoms with van der Waals surface area (Å²) in [5, 5.41) is 41.9. The third-order valence-corrected chi connectivity index (χ3v) is 20.2. The highest BCUT2D eigenvalue weighted by molar-refractivity contribution is 8.77. The van der Waals surface area contributed by atoms with E-state index in [-0.39, 0.29) is 68.6 Å². The number of amides is 3. The number of thiocarbonyl (C=S) groups is 1. The van der Waals surface area contributed by atoms with Crippen LogP contribution in [0.1, 0.15) is 99.8 Å². The van der Waals surface area contributed by atoms with Gasteiger partial charge in [0.25, 0.3) is 0 Å². The second-order valence-corrected chi connectivity index (χ2v) is 26.6. The molecule has 0 aliphatic carbocycles. The number of hydrogen-bond donors (Lipinski definition) is 6. The smallest absolute Gasteiger partial charge is 0.409 e. The van der Waals surface area contributed by atoms with Gasteiger partial charge in [-0.1, -0.05) is 76.0 Å². The molecule has 4 aromatic carbocycles. The number of aliphatic hydroxyl groups is 1. The average molecular weight is 1240 g/mol. The summed E-state index contributed by atoms with van der Waals surface area (Å²) in [6.07, 6.45) is 1.09. The van der Waals surface area contributed by atoms with Gasteiger partial charge in [0, 0.05) is 85.8 Å². The van der Waals surface area contributed by atoms with Crippen LogP contribution in [0.3, 0.4) is 0 Å². The van der Waals surface area contributed by atoms with Gasteiger partial charge in [-0.3, -0.25) is 14.9 Å². The van der Waals surface area contributed by atoms with Crippen molar-refractivity contribution >= 4 is 91.7 Å². The monoisotopic (exact) mass is 1240 g/mol. The first kappa shape index (κ1) is 62.8. The topological polar surface area (TPSA) is 257 Å². The number of esters is 2. The number of rotatable bonds is 14. The van der Waals surface area contributed by atoms with Crippen LogP contribution in [-0.2, 0) is 50.1 Å². The summed E-state index contributed by atoms with van der Waals surface area (Å²) in [4.78, 5) is 72.3. The van der Waals surface area contributed by atoms with E-state index in [2.05, 4.69) is 16.0 Å². The fraction of sp³-hybridized carbons (Fsp3) is 0.443. The highest BCUT2D eigenvalue weighted by Crippen LogP contribution is 2.58. The van der Waals surface area contributed by atoms with E-state index < -0.39 is 77.2 Å². The molecule has 0 radical (unpaired) electrons. The summed E-state index contributed by atoms with van der Waals surface area (Å²) in [5.41, 5.74) is -0.342. The van der Waals surface area contributed by atoms with Crippen molar-refractivity contribution in [1.29, 1.82) is 0 Å². The van der Waals surface area contributed by atoms with Gasteiger partial charge in [0.05, 0.1) is 36.6 Å². The summed E-state index contributed by atoms with van der Waals surface area (Å²) in [7, 11) is 9.18. The SMILES string of the molecule is COc1cc2cc(c1Cl)N(C)C(=O)C[C@H](OC(=O)[C@H](C)N(C)C(=O)CCC(C)(C)SSCCNC(=S)Nc1cccc3c1C(=O)OC31c3ccc(O)cc3Oc3cc(O)ccc31)C1(C)O[C@H]1[C@H](C)C1CC(O)(NC(=O)O1)[C@H](OC)/C=C\C=C(\C)C2. The largest absolute Gasteiger partial charge is 0.508 e. The van der Waals surface area contributed by atoms with Crippen LogP contribution in [0.2, 0.25) is 5.02 Å². The number of nitrogens with one attached hydrogen (secondary N) is 3. The molecule has 2 fully saturated rings. The molecular weight excluding hydrogens is 1170 g/mol. The van der Waals surface area contributed by atoms with Gasteiger partial charge in [-0.2, -0.15) is 0 Å². The van der Waals surface area contributed by atoms with E-state index >= 15 is 0 Å². The second-order valence-electron chi connectivity index (χ2n) is 22.7. The molecule has 6 N–H and O–H groups in total. The predicted octanol–water partition coefficient (Wildman–Crippen LogP) is 9.42. The molecule has 0 saturated carbocycles. The maximum absolute atomic E-state index is 14.5. The van der Waals surface area contributed by atoms with E-state index in [0.717, 1.165) is 11.1 Å². The van der Waals surface area contributed by atoms with Gasteiger partial charge in [0.15, 0.2) is 16.4 Å². The summed E-state index contributed by atoms with van der Waals surface area (Å²) in [5.74, 6) is -1.34.